The minimum Gasteiger partial charge on any atom is -0.491 e. The molecule has 1 atom stereocenters. The Hall–Kier alpha value is -0.980. The van der Waals surface area contributed by atoms with E-state index in [0.717, 1.165) is 11.7 Å². The molecule has 1 aliphatic carbocycles. The minimum atomic E-state index is 0.370. The van der Waals surface area contributed by atoms with Crippen molar-refractivity contribution in [1.82, 2.24) is 0 Å². The molecule has 1 aromatic rings. The third-order valence-corrected chi connectivity index (χ3v) is 2.44. The zero-order valence-corrected chi connectivity index (χ0v) is 10.1. The molecular formula is C14H22O. The highest BCUT2D eigenvalue weighted by Gasteiger charge is 2.24. The van der Waals surface area contributed by atoms with Gasteiger partial charge in [0.25, 0.3) is 0 Å². The summed E-state index contributed by atoms with van der Waals surface area (Å²) < 4.78 is 5.77. The van der Waals surface area contributed by atoms with Crippen molar-refractivity contribution < 1.29 is 4.74 Å². The van der Waals surface area contributed by atoms with Gasteiger partial charge in [-0.1, -0.05) is 44.9 Å². The average molecular weight is 206 g/mol. The minimum absolute atomic E-state index is 0.370. The van der Waals surface area contributed by atoms with Crippen LogP contribution in [0.2, 0.25) is 0 Å². The van der Waals surface area contributed by atoms with Crippen molar-refractivity contribution in [3.05, 3.63) is 30.3 Å². The average Bonchev–Trinajstić information content (AvgIpc) is 3.06. The van der Waals surface area contributed by atoms with Crippen molar-refractivity contribution in [3.63, 3.8) is 0 Å². The first-order valence-electron chi connectivity index (χ1n) is 6.06. The van der Waals surface area contributed by atoms with Gasteiger partial charge in [-0.2, -0.15) is 0 Å². The maximum absolute atomic E-state index is 5.77. The molecule has 84 valence electrons. The summed E-state index contributed by atoms with van der Waals surface area (Å²) in [6.07, 6.45) is 4.40. The summed E-state index contributed by atoms with van der Waals surface area (Å²) in [4.78, 5) is 0. The first-order valence-corrected chi connectivity index (χ1v) is 6.06. The molecule has 15 heavy (non-hydrogen) atoms. The van der Waals surface area contributed by atoms with Gasteiger partial charge < -0.3 is 4.74 Å². The maximum atomic E-state index is 5.77. The first-order chi connectivity index (χ1) is 7.34. The van der Waals surface area contributed by atoms with Crippen LogP contribution >= 0.6 is 0 Å². The van der Waals surface area contributed by atoms with Gasteiger partial charge >= 0.3 is 0 Å². The van der Waals surface area contributed by atoms with E-state index in [1.54, 1.807) is 0 Å². The van der Waals surface area contributed by atoms with Gasteiger partial charge in [0, 0.05) is 0 Å². The van der Waals surface area contributed by atoms with Crippen LogP contribution in [0, 0.1) is 5.92 Å². The molecule has 1 nitrogen and oxygen atoms in total. The normalized spacial score (nSPS) is 16.2. The fourth-order valence-electron chi connectivity index (χ4n) is 1.60. The summed E-state index contributed by atoms with van der Waals surface area (Å²) in [6.45, 7) is 6.16. The molecule has 0 bridgehead atoms. The van der Waals surface area contributed by atoms with Gasteiger partial charge in [-0.15, -0.1) is 0 Å². The summed E-state index contributed by atoms with van der Waals surface area (Å²) in [7, 11) is 0. The van der Waals surface area contributed by atoms with Crippen LogP contribution < -0.4 is 4.74 Å². The van der Waals surface area contributed by atoms with Crippen LogP contribution in [-0.2, 0) is 0 Å². The van der Waals surface area contributed by atoms with Crippen molar-refractivity contribution in [2.45, 2.75) is 46.1 Å². The van der Waals surface area contributed by atoms with Crippen LogP contribution in [0.4, 0.5) is 0 Å². The molecule has 1 aromatic carbocycles. The van der Waals surface area contributed by atoms with Gasteiger partial charge in [0.1, 0.15) is 5.75 Å². The SMILES string of the molecule is CC.CC(CC1CC1)Oc1ccccc1. The predicted molar refractivity (Wildman–Crippen MR) is 65.2 cm³/mol. The lowest BCUT2D eigenvalue weighted by molar-refractivity contribution is 0.203. The second kappa shape index (κ2) is 6.49. The Morgan fingerprint density at radius 2 is 1.80 bits per heavy atom. The Morgan fingerprint density at radius 1 is 1.20 bits per heavy atom. The van der Waals surface area contributed by atoms with Crippen LogP contribution in [0.15, 0.2) is 30.3 Å². The molecule has 0 saturated heterocycles. The zero-order valence-electron chi connectivity index (χ0n) is 10.1. The summed E-state index contributed by atoms with van der Waals surface area (Å²) >= 11 is 0. The highest BCUT2D eigenvalue weighted by Crippen LogP contribution is 2.34. The van der Waals surface area contributed by atoms with E-state index in [1.165, 1.54) is 19.3 Å². The zero-order chi connectivity index (χ0) is 11.1. The molecule has 0 amide bonds. The van der Waals surface area contributed by atoms with E-state index in [0.29, 0.717) is 6.10 Å². The number of benzene rings is 1. The van der Waals surface area contributed by atoms with Crippen LogP contribution in [0.1, 0.15) is 40.0 Å². The third kappa shape index (κ3) is 4.87. The summed E-state index contributed by atoms with van der Waals surface area (Å²) in [6, 6.07) is 10.1. The second-order valence-electron chi connectivity index (χ2n) is 3.92. The molecule has 1 unspecified atom stereocenters. The molecule has 1 aliphatic rings. The Bertz CT molecular complexity index is 251. The van der Waals surface area contributed by atoms with Gasteiger partial charge in [0.05, 0.1) is 6.10 Å². The molecular weight excluding hydrogens is 184 g/mol. The number of hydrogen-bond donors (Lipinski definition) is 0. The Kier molecular flexibility index (Phi) is 5.23. The van der Waals surface area contributed by atoms with E-state index >= 15 is 0 Å². The summed E-state index contributed by atoms with van der Waals surface area (Å²) in [5, 5.41) is 0. The molecule has 2 rings (SSSR count). The quantitative estimate of drug-likeness (QED) is 0.714. The van der Waals surface area contributed by atoms with E-state index in [4.69, 9.17) is 4.74 Å². The van der Waals surface area contributed by atoms with Crippen LogP contribution in [0.3, 0.4) is 0 Å². The lowest BCUT2D eigenvalue weighted by Crippen LogP contribution is -2.12. The standard InChI is InChI=1S/C12H16O.C2H6/c1-10(9-11-7-8-11)13-12-5-3-2-4-6-12;1-2/h2-6,10-11H,7-9H2,1H3;1-2H3. The molecule has 1 fully saturated rings. The number of rotatable bonds is 4. The van der Waals surface area contributed by atoms with E-state index in [1.807, 2.05) is 44.2 Å². The van der Waals surface area contributed by atoms with Gasteiger partial charge in [0.2, 0.25) is 0 Å². The Labute approximate surface area is 93.5 Å². The lowest BCUT2D eigenvalue weighted by atomic mass is 10.2. The van der Waals surface area contributed by atoms with Gasteiger partial charge in [-0.05, 0) is 31.4 Å². The Balaban J connectivity index is 0.000000531. The molecule has 0 N–H and O–H groups in total. The van der Waals surface area contributed by atoms with Crippen molar-refractivity contribution in [1.29, 1.82) is 0 Å². The van der Waals surface area contributed by atoms with E-state index < -0.39 is 0 Å². The van der Waals surface area contributed by atoms with Crippen LogP contribution in [-0.4, -0.2) is 6.10 Å². The molecule has 0 aliphatic heterocycles. The van der Waals surface area contributed by atoms with Crippen molar-refractivity contribution in [2.75, 3.05) is 0 Å². The van der Waals surface area contributed by atoms with E-state index in [-0.39, 0.29) is 0 Å². The van der Waals surface area contributed by atoms with E-state index in [2.05, 4.69) is 6.92 Å². The highest BCUT2D eigenvalue weighted by atomic mass is 16.5. The van der Waals surface area contributed by atoms with Crippen LogP contribution in [0.5, 0.6) is 5.75 Å². The van der Waals surface area contributed by atoms with Crippen molar-refractivity contribution in [2.24, 2.45) is 5.92 Å². The van der Waals surface area contributed by atoms with Crippen molar-refractivity contribution >= 4 is 0 Å². The number of ether oxygens (including phenoxy) is 1. The Morgan fingerprint density at radius 3 is 2.33 bits per heavy atom. The molecule has 1 heteroatoms. The topological polar surface area (TPSA) is 9.23 Å². The predicted octanol–water partition coefficient (Wildman–Crippen LogP) is 4.28. The molecule has 0 spiro atoms. The fourth-order valence-corrected chi connectivity index (χ4v) is 1.60. The van der Waals surface area contributed by atoms with Gasteiger partial charge in [-0.25, -0.2) is 0 Å². The first kappa shape index (κ1) is 12.1. The molecule has 0 heterocycles. The monoisotopic (exact) mass is 206 g/mol. The highest BCUT2D eigenvalue weighted by molar-refractivity contribution is 5.21. The van der Waals surface area contributed by atoms with Crippen molar-refractivity contribution in [3.8, 4) is 5.75 Å². The smallest absolute Gasteiger partial charge is 0.119 e. The summed E-state index contributed by atoms with van der Waals surface area (Å²) in [5.74, 6) is 1.94. The number of hydrogen-bond acceptors (Lipinski definition) is 1. The lowest BCUT2D eigenvalue weighted by Gasteiger charge is -2.13. The third-order valence-electron chi connectivity index (χ3n) is 2.44. The summed E-state index contributed by atoms with van der Waals surface area (Å²) in [5.41, 5.74) is 0. The largest absolute Gasteiger partial charge is 0.491 e. The molecule has 0 aromatic heterocycles. The second-order valence-corrected chi connectivity index (χ2v) is 3.92. The fraction of sp³-hybridized carbons (Fsp3) is 0.571. The molecule has 1 saturated carbocycles. The molecule has 0 radical (unpaired) electrons. The maximum Gasteiger partial charge on any atom is 0.119 e. The van der Waals surface area contributed by atoms with Gasteiger partial charge in [0.15, 0.2) is 0 Å². The van der Waals surface area contributed by atoms with Crippen LogP contribution in [0.25, 0.3) is 0 Å². The van der Waals surface area contributed by atoms with Gasteiger partial charge in [-0.3, -0.25) is 0 Å². The van der Waals surface area contributed by atoms with E-state index in [9.17, 15) is 0 Å². The number of para-hydroxylation sites is 1.